The van der Waals surface area contributed by atoms with Crippen molar-refractivity contribution in [1.82, 2.24) is 9.80 Å². The molecule has 3 rings (SSSR count). The summed E-state index contributed by atoms with van der Waals surface area (Å²) in [5, 5.41) is 2.95. The van der Waals surface area contributed by atoms with Crippen LogP contribution in [0.1, 0.15) is 56.7 Å². The number of urea groups is 1. The van der Waals surface area contributed by atoms with Crippen molar-refractivity contribution < 1.29 is 9.59 Å². The second-order valence-electron chi connectivity index (χ2n) is 8.13. The molecule has 0 aromatic heterocycles. The van der Waals surface area contributed by atoms with Crippen LogP contribution in [0.5, 0.6) is 0 Å². The zero-order chi connectivity index (χ0) is 22.2. The van der Waals surface area contributed by atoms with Crippen LogP contribution in [0, 0.1) is 0 Å². The van der Waals surface area contributed by atoms with Gasteiger partial charge in [-0.15, -0.1) is 0 Å². The minimum atomic E-state index is -0.229. The number of amides is 3. The van der Waals surface area contributed by atoms with Gasteiger partial charge in [0.05, 0.1) is 6.04 Å². The Bertz CT molecular complexity index is 902. The fourth-order valence-electron chi connectivity index (χ4n) is 4.12. The summed E-state index contributed by atoms with van der Waals surface area (Å²) in [4.78, 5) is 29.8. The number of halogens is 1. The Morgan fingerprint density at radius 1 is 1.13 bits per heavy atom. The molecule has 5 nitrogen and oxygen atoms in total. The van der Waals surface area contributed by atoms with E-state index in [1.807, 2.05) is 41.3 Å². The van der Waals surface area contributed by atoms with E-state index in [1.165, 1.54) is 11.1 Å². The fourth-order valence-corrected chi connectivity index (χ4v) is 4.52. The first-order valence-electron chi connectivity index (χ1n) is 11.2. The average Bonchev–Trinajstić information content (AvgIpc) is 2.76. The number of hydrogen-bond donors (Lipinski definition) is 1. The molecule has 0 spiro atoms. The number of anilines is 1. The molecule has 166 valence electrons. The Morgan fingerprint density at radius 2 is 1.94 bits per heavy atom. The van der Waals surface area contributed by atoms with Crippen LogP contribution < -0.4 is 5.32 Å². The number of nitrogens with zero attached hydrogens (tertiary/aromatic N) is 2. The van der Waals surface area contributed by atoms with Crippen LogP contribution in [0.15, 0.2) is 53.0 Å². The molecule has 2 aromatic rings. The van der Waals surface area contributed by atoms with Crippen LogP contribution in [0.25, 0.3) is 0 Å². The van der Waals surface area contributed by atoms with Crippen LogP contribution in [-0.4, -0.2) is 41.4 Å². The van der Waals surface area contributed by atoms with Crippen LogP contribution >= 0.6 is 15.9 Å². The van der Waals surface area contributed by atoms with E-state index in [1.54, 1.807) is 4.90 Å². The molecule has 0 aliphatic carbocycles. The molecular weight excluding hydrogens is 454 g/mol. The lowest BCUT2D eigenvalue weighted by Crippen LogP contribution is -2.47. The SMILES string of the molecule is CCCCCCN(CC(=O)N1CCc2ccccc2C1C)C(=O)Nc1cccc(Br)c1. The van der Waals surface area contributed by atoms with Gasteiger partial charge in [-0.05, 0) is 49.1 Å². The smallest absolute Gasteiger partial charge is 0.322 e. The maximum atomic E-state index is 13.2. The molecule has 31 heavy (non-hydrogen) atoms. The molecule has 1 N–H and O–H groups in total. The average molecular weight is 486 g/mol. The van der Waals surface area contributed by atoms with E-state index in [0.717, 1.165) is 36.6 Å². The number of nitrogens with one attached hydrogen (secondary N) is 1. The number of hydrogen-bond acceptors (Lipinski definition) is 2. The quantitative estimate of drug-likeness (QED) is 0.465. The van der Waals surface area contributed by atoms with E-state index < -0.39 is 0 Å². The van der Waals surface area contributed by atoms with Gasteiger partial charge in [0.2, 0.25) is 5.91 Å². The van der Waals surface area contributed by atoms with Crippen molar-refractivity contribution in [2.45, 2.75) is 52.0 Å². The van der Waals surface area contributed by atoms with Crippen LogP contribution in [0.4, 0.5) is 10.5 Å². The minimum Gasteiger partial charge on any atom is -0.334 e. The first-order chi connectivity index (χ1) is 15.0. The lowest BCUT2D eigenvalue weighted by atomic mass is 9.93. The van der Waals surface area contributed by atoms with E-state index >= 15 is 0 Å². The lowest BCUT2D eigenvalue weighted by molar-refractivity contribution is -0.134. The number of carbonyl (C=O) groups excluding carboxylic acids is 2. The Balaban J connectivity index is 1.68. The predicted molar refractivity (Wildman–Crippen MR) is 129 cm³/mol. The van der Waals surface area contributed by atoms with Gasteiger partial charge in [-0.1, -0.05) is 72.4 Å². The van der Waals surface area contributed by atoms with Crippen LogP contribution in [0.3, 0.4) is 0 Å². The van der Waals surface area contributed by atoms with Gasteiger partial charge in [0.1, 0.15) is 6.54 Å². The Hall–Kier alpha value is -2.34. The van der Waals surface area contributed by atoms with E-state index in [4.69, 9.17) is 0 Å². The van der Waals surface area contributed by atoms with Crippen molar-refractivity contribution in [2.24, 2.45) is 0 Å². The summed E-state index contributed by atoms with van der Waals surface area (Å²) in [6.45, 7) is 5.59. The number of fused-ring (bicyclic) bond motifs is 1. The first kappa shape index (κ1) is 23.3. The van der Waals surface area contributed by atoms with Crippen molar-refractivity contribution in [3.63, 3.8) is 0 Å². The molecule has 1 aliphatic heterocycles. The molecule has 6 heteroatoms. The highest BCUT2D eigenvalue weighted by Crippen LogP contribution is 2.29. The summed E-state index contributed by atoms with van der Waals surface area (Å²) >= 11 is 3.43. The third-order valence-corrected chi connectivity index (χ3v) is 6.38. The topological polar surface area (TPSA) is 52.7 Å². The van der Waals surface area contributed by atoms with Gasteiger partial charge in [-0.2, -0.15) is 0 Å². The van der Waals surface area contributed by atoms with Gasteiger partial charge >= 0.3 is 6.03 Å². The molecule has 2 aromatic carbocycles. The molecule has 3 amide bonds. The third kappa shape index (κ3) is 6.33. The molecular formula is C25H32BrN3O2. The highest BCUT2D eigenvalue weighted by Gasteiger charge is 2.29. The molecule has 1 heterocycles. The fraction of sp³-hybridized carbons (Fsp3) is 0.440. The second-order valence-corrected chi connectivity index (χ2v) is 9.05. The molecule has 0 radical (unpaired) electrons. The molecule has 0 bridgehead atoms. The summed E-state index contributed by atoms with van der Waals surface area (Å²) < 4.78 is 0.900. The summed E-state index contributed by atoms with van der Waals surface area (Å²) in [6, 6.07) is 15.6. The molecule has 0 saturated carbocycles. The predicted octanol–water partition coefficient (Wildman–Crippen LogP) is 6.01. The van der Waals surface area contributed by atoms with Crippen molar-refractivity contribution in [3.8, 4) is 0 Å². The largest absolute Gasteiger partial charge is 0.334 e. The molecule has 1 unspecified atom stereocenters. The Labute approximate surface area is 193 Å². The molecule has 0 fully saturated rings. The summed E-state index contributed by atoms with van der Waals surface area (Å²) in [6.07, 6.45) is 5.07. The maximum Gasteiger partial charge on any atom is 0.322 e. The Morgan fingerprint density at radius 3 is 2.71 bits per heavy atom. The van der Waals surface area contributed by atoms with Gasteiger partial charge in [0.25, 0.3) is 0 Å². The van der Waals surface area contributed by atoms with Crippen molar-refractivity contribution in [1.29, 1.82) is 0 Å². The lowest BCUT2D eigenvalue weighted by Gasteiger charge is -2.36. The number of benzene rings is 2. The van der Waals surface area contributed by atoms with Gasteiger partial charge in [0, 0.05) is 23.2 Å². The van der Waals surface area contributed by atoms with E-state index in [-0.39, 0.29) is 24.5 Å². The van der Waals surface area contributed by atoms with Crippen molar-refractivity contribution in [2.75, 3.05) is 25.0 Å². The van der Waals surface area contributed by atoms with Crippen molar-refractivity contribution >= 4 is 33.6 Å². The summed E-state index contributed by atoms with van der Waals surface area (Å²) in [7, 11) is 0. The van der Waals surface area contributed by atoms with Crippen LogP contribution in [0.2, 0.25) is 0 Å². The van der Waals surface area contributed by atoms with E-state index in [0.29, 0.717) is 18.8 Å². The zero-order valence-corrected chi connectivity index (χ0v) is 20.0. The monoisotopic (exact) mass is 485 g/mol. The minimum absolute atomic E-state index is 0.00175. The van der Waals surface area contributed by atoms with Gasteiger partial charge in [-0.25, -0.2) is 4.79 Å². The number of carbonyl (C=O) groups is 2. The van der Waals surface area contributed by atoms with Gasteiger partial charge < -0.3 is 15.1 Å². The molecule has 0 saturated heterocycles. The van der Waals surface area contributed by atoms with E-state index in [9.17, 15) is 9.59 Å². The normalized spacial score (nSPS) is 15.3. The standard InChI is InChI=1S/C25H32BrN3O2/c1-3-4-5-8-15-28(25(31)27-22-12-9-11-21(26)17-22)18-24(30)29-16-14-20-10-6-7-13-23(20)19(29)2/h6-7,9-13,17,19H,3-5,8,14-16,18H2,1-2H3,(H,27,31). The first-order valence-corrected chi connectivity index (χ1v) is 12.0. The van der Waals surface area contributed by atoms with Crippen molar-refractivity contribution in [3.05, 3.63) is 64.1 Å². The molecule has 1 aliphatic rings. The van der Waals surface area contributed by atoms with E-state index in [2.05, 4.69) is 47.2 Å². The summed E-state index contributed by atoms with van der Waals surface area (Å²) in [5.41, 5.74) is 3.23. The number of rotatable bonds is 8. The second kappa shape index (κ2) is 11.3. The van der Waals surface area contributed by atoms with Gasteiger partial charge in [0.15, 0.2) is 0 Å². The third-order valence-electron chi connectivity index (χ3n) is 5.89. The highest BCUT2D eigenvalue weighted by molar-refractivity contribution is 9.10. The van der Waals surface area contributed by atoms with Gasteiger partial charge in [-0.3, -0.25) is 4.79 Å². The zero-order valence-electron chi connectivity index (χ0n) is 18.4. The summed E-state index contributed by atoms with van der Waals surface area (Å²) in [5.74, 6) is 0.00175. The number of unbranched alkanes of at least 4 members (excludes halogenated alkanes) is 3. The maximum absolute atomic E-state index is 13.2. The molecule has 1 atom stereocenters. The Kier molecular flexibility index (Phi) is 8.52. The highest BCUT2D eigenvalue weighted by atomic mass is 79.9. The van der Waals surface area contributed by atoms with Crippen LogP contribution in [-0.2, 0) is 11.2 Å².